The Morgan fingerprint density at radius 3 is 2.52 bits per heavy atom. The van der Waals surface area contributed by atoms with E-state index in [0.717, 1.165) is 10.5 Å². The lowest BCUT2D eigenvalue weighted by Crippen LogP contribution is -2.16. The summed E-state index contributed by atoms with van der Waals surface area (Å²) in [4.78, 5) is 2.30. The molecule has 3 rings (SSSR count). The maximum absolute atomic E-state index is 4.34. The van der Waals surface area contributed by atoms with Gasteiger partial charge in [-0.25, -0.2) is 0 Å². The van der Waals surface area contributed by atoms with E-state index in [-0.39, 0.29) is 5.41 Å². The zero-order valence-electron chi connectivity index (χ0n) is 12.9. The molecule has 0 N–H and O–H groups in total. The van der Waals surface area contributed by atoms with Crippen molar-refractivity contribution in [3.8, 4) is 0 Å². The van der Waals surface area contributed by atoms with Gasteiger partial charge in [-0.15, -0.1) is 0 Å². The molecule has 2 aliphatic rings. The second-order valence-electron chi connectivity index (χ2n) is 6.00. The van der Waals surface area contributed by atoms with Crippen LogP contribution in [0.3, 0.4) is 0 Å². The zero-order valence-corrected chi connectivity index (χ0v) is 13.7. The smallest absolute Gasteiger partial charge is 0.0159 e. The van der Waals surface area contributed by atoms with Gasteiger partial charge in [0.1, 0.15) is 0 Å². The predicted octanol–water partition coefficient (Wildman–Crippen LogP) is 6.01. The van der Waals surface area contributed by atoms with Crippen molar-refractivity contribution in [3.63, 3.8) is 0 Å². The topological polar surface area (TPSA) is 0 Å². The van der Waals surface area contributed by atoms with Crippen molar-refractivity contribution in [1.29, 1.82) is 0 Å². The third-order valence-corrected chi connectivity index (χ3v) is 5.52. The van der Waals surface area contributed by atoms with Crippen LogP contribution in [0.5, 0.6) is 0 Å². The van der Waals surface area contributed by atoms with Gasteiger partial charge in [-0.3, -0.25) is 0 Å². The number of allylic oxidation sites excluding steroid dienone is 6. The molecule has 0 nitrogen and oxygen atoms in total. The number of hydrogen-bond acceptors (Lipinski definition) is 1. The highest BCUT2D eigenvalue weighted by atomic mass is 32.2. The second-order valence-corrected chi connectivity index (χ2v) is 7.13. The summed E-state index contributed by atoms with van der Waals surface area (Å²) in [6.45, 7) is 15.2. The quantitative estimate of drug-likeness (QED) is 0.564. The molecule has 1 heterocycles. The molecule has 1 heteroatoms. The first-order valence-corrected chi connectivity index (χ1v) is 8.04. The monoisotopic (exact) mass is 292 g/mol. The first-order chi connectivity index (χ1) is 9.96. The first kappa shape index (κ1) is 14.2. The SMILES string of the molecule is C=C1S/C(=C\C)C(=C)/C=C\C2=C1c1ccccc1C2(C)C. The van der Waals surface area contributed by atoms with Crippen LogP contribution in [-0.4, -0.2) is 0 Å². The van der Waals surface area contributed by atoms with Crippen LogP contribution in [0.25, 0.3) is 5.57 Å². The standard InChI is InChI=1S/C20H20S/c1-6-18-13(2)11-12-17-19(14(3)21-18)15-9-7-8-10-16(15)20(17,4)5/h6-12H,2-3H2,1,4-5H3/b12-11-,18-6-. The van der Waals surface area contributed by atoms with Gasteiger partial charge in [-0.1, -0.05) is 81.3 Å². The van der Waals surface area contributed by atoms with E-state index in [1.807, 2.05) is 0 Å². The van der Waals surface area contributed by atoms with Gasteiger partial charge < -0.3 is 0 Å². The lowest BCUT2D eigenvalue weighted by molar-refractivity contribution is 0.654. The highest BCUT2D eigenvalue weighted by Crippen LogP contribution is 2.53. The van der Waals surface area contributed by atoms with Gasteiger partial charge in [0.25, 0.3) is 0 Å². The summed E-state index contributed by atoms with van der Waals surface area (Å²) >= 11 is 1.73. The maximum Gasteiger partial charge on any atom is 0.0159 e. The molecule has 0 unspecified atom stereocenters. The van der Waals surface area contributed by atoms with Crippen LogP contribution in [0.2, 0.25) is 0 Å². The van der Waals surface area contributed by atoms with E-state index >= 15 is 0 Å². The van der Waals surface area contributed by atoms with Gasteiger partial charge >= 0.3 is 0 Å². The molecule has 0 amide bonds. The summed E-state index contributed by atoms with van der Waals surface area (Å²) in [5, 5.41) is 0. The van der Waals surface area contributed by atoms with Crippen LogP contribution in [0.1, 0.15) is 31.9 Å². The Balaban J connectivity index is 2.26. The van der Waals surface area contributed by atoms with Crippen molar-refractivity contribution >= 4 is 17.3 Å². The van der Waals surface area contributed by atoms with E-state index in [2.05, 4.69) is 76.4 Å². The summed E-state index contributed by atoms with van der Waals surface area (Å²) in [7, 11) is 0. The highest BCUT2D eigenvalue weighted by Gasteiger charge is 2.37. The fourth-order valence-electron chi connectivity index (χ4n) is 3.20. The van der Waals surface area contributed by atoms with Crippen LogP contribution in [0.4, 0.5) is 0 Å². The fraction of sp³-hybridized carbons (Fsp3) is 0.200. The molecule has 0 bridgehead atoms. The largest absolute Gasteiger partial charge is 0.0906 e. The van der Waals surface area contributed by atoms with E-state index in [9.17, 15) is 0 Å². The summed E-state index contributed by atoms with van der Waals surface area (Å²) < 4.78 is 0. The molecule has 1 aliphatic heterocycles. The minimum Gasteiger partial charge on any atom is -0.0906 e. The third-order valence-electron chi connectivity index (χ3n) is 4.35. The Bertz CT molecular complexity index is 739. The molecule has 0 saturated carbocycles. The molecule has 1 aromatic rings. The minimum absolute atomic E-state index is 0.0135. The summed E-state index contributed by atoms with van der Waals surface area (Å²) in [6.07, 6.45) is 6.48. The van der Waals surface area contributed by atoms with E-state index in [0.29, 0.717) is 0 Å². The summed E-state index contributed by atoms with van der Waals surface area (Å²) in [5.41, 5.74) is 6.42. The van der Waals surface area contributed by atoms with Crippen molar-refractivity contribution < 1.29 is 0 Å². The molecule has 1 aromatic carbocycles. The van der Waals surface area contributed by atoms with Crippen LogP contribution in [-0.2, 0) is 5.41 Å². The molecule has 0 saturated heterocycles. The zero-order chi connectivity index (χ0) is 15.2. The van der Waals surface area contributed by atoms with Gasteiger partial charge in [0.05, 0.1) is 0 Å². The van der Waals surface area contributed by atoms with Gasteiger partial charge in [-0.05, 0) is 34.8 Å². The van der Waals surface area contributed by atoms with Crippen molar-refractivity contribution in [1.82, 2.24) is 0 Å². The Hall–Kier alpha value is -1.73. The lowest BCUT2D eigenvalue weighted by Gasteiger charge is -2.24. The Morgan fingerprint density at radius 1 is 1.10 bits per heavy atom. The van der Waals surface area contributed by atoms with E-state index in [1.54, 1.807) is 11.8 Å². The van der Waals surface area contributed by atoms with Gasteiger partial charge in [0.2, 0.25) is 0 Å². The molecular formula is C20H20S. The number of thioether (sulfide) groups is 1. The van der Waals surface area contributed by atoms with Gasteiger partial charge in [0.15, 0.2) is 0 Å². The molecule has 0 radical (unpaired) electrons. The van der Waals surface area contributed by atoms with E-state index in [4.69, 9.17) is 0 Å². The molecule has 1 aliphatic carbocycles. The number of hydrogen-bond donors (Lipinski definition) is 0. The van der Waals surface area contributed by atoms with Crippen molar-refractivity contribution in [2.24, 2.45) is 0 Å². The van der Waals surface area contributed by atoms with Crippen LogP contribution in [0, 0.1) is 0 Å². The Morgan fingerprint density at radius 2 is 1.81 bits per heavy atom. The first-order valence-electron chi connectivity index (χ1n) is 7.22. The average molecular weight is 292 g/mol. The van der Waals surface area contributed by atoms with Crippen molar-refractivity contribution in [3.05, 3.63) is 87.7 Å². The normalized spacial score (nSPS) is 23.7. The van der Waals surface area contributed by atoms with Gasteiger partial charge in [0, 0.05) is 15.2 Å². The fourth-order valence-corrected chi connectivity index (χ4v) is 4.10. The van der Waals surface area contributed by atoms with E-state index < -0.39 is 0 Å². The molecule has 0 fully saturated rings. The van der Waals surface area contributed by atoms with E-state index in [1.165, 1.54) is 27.2 Å². The number of benzene rings is 1. The van der Waals surface area contributed by atoms with Crippen LogP contribution >= 0.6 is 11.8 Å². The minimum atomic E-state index is 0.0135. The molecular weight excluding hydrogens is 272 g/mol. The lowest BCUT2D eigenvalue weighted by atomic mass is 9.81. The number of fused-ring (bicyclic) bond motifs is 2. The third kappa shape index (κ3) is 2.08. The van der Waals surface area contributed by atoms with Crippen molar-refractivity contribution in [2.45, 2.75) is 26.2 Å². The van der Waals surface area contributed by atoms with Crippen LogP contribution < -0.4 is 0 Å². The van der Waals surface area contributed by atoms with Gasteiger partial charge in [-0.2, -0.15) is 0 Å². The molecule has 0 atom stereocenters. The Labute approximate surface area is 131 Å². The molecule has 0 aromatic heterocycles. The number of rotatable bonds is 0. The molecule has 106 valence electrons. The van der Waals surface area contributed by atoms with Crippen LogP contribution in [0.15, 0.2) is 76.6 Å². The highest BCUT2D eigenvalue weighted by molar-refractivity contribution is 8.07. The summed E-state index contributed by atoms with van der Waals surface area (Å²) in [5.74, 6) is 0. The summed E-state index contributed by atoms with van der Waals surface area (Å²) in [6, 6.07) is 8.68. The average Bonchev–Trinajstić information content (AvgIpc) is 2.68. The predicted molar refractivity (Wildman–Crippen MR) is 95.2 cm³/mol. The molecule has 21 heavy (non-hydrogen) atoms. The van der Waals surface area contributed by atoms with Crippen molar-refractivity contribution in [2.75, 3.05) is 0 Å². The Kier molecular flexibility index (Phi) is 3.33. The maximum atomic E-state index is 4.34. The second kappa shape index (κ2) is 4.92. The molecule has 0 spiro atoms.